The fourth-order valence-electron chi connectivity index (χ4n) is 4.48. The summed E-state index contributed by atoms with van der Waals surface area (Å²) >= 11 is 6.33. The van der Waals surface area contributed by atoms with E-state index in [2.05, 4.69) is 0 Å². The van der Waals surface area contributed by atoms with E-state index in [1.807, 2.05) is 31.2 Å². The topological polar surface area (TPSA) is 55.8 Å². The first kappa shape index (κ1) is 20.5. The van der Waals surface area contributed by atoms with Gasteiger partial charge in [0.25, 0.3) is 0 Å². The van der Waals surface area contributed by atoms with Crippen LogP contribution in [0.15, 0.2) is 47.7 Å². The fourth-order valence-corrected chi connectivity index (χ4v) is 4.65. The minimum absolute atomic E-state index is 0.0447. The van der Waals surface area contributed by atoms with Gasteiger partial charge < -0.3 is 9.47 Å². The Labute approximate surface area is 181 Å². The van der Waals surface area contributed by atoms with Crippen molar-refractivity contribution in [3.05, 3.63) is 63.8 Å². The van der Waals surface area contributed by atoms with Crippen molar-refractivity contribution >= 4 is 29.0 Å². The number of nitrogens with zero attached hydrogens (tertiary/aromatic N) is 1. The molecule has 1 aliphatic heterocycles. The second kappa shape index (κ2) is 8.15. The zero-order valence-corrected chi connectivity index (χ0v) is 18.1. The van der Waals surface area contributed by atoms with Gasteiger partial charge in [-0.05, 0) is 43.5 Å². The number of ketones is 1. The molecule has 5 nitrogen and oxygen atoms in total. The van der Waals surface area contributed by atoms with Crippen LogP contribution in [-0.2, 0) is 9.59 Å². The molecule has 1 aliphatic carbocycles. The summed E-state index contributed by atoms with van der Waals surface area (Å²) in [5, 5.41) is 0.600. The Bertz CT molecular complexity index is 1060. The van der Waals surface area contributed by atoms with E-state index in [-0.39, 0.29) is 24.0 Å². The van der Waals surface area contributed by atoms with Crippen LogP contribution < -0.4 is 14.4 Å². The van der Waals surface area contributed by atoms with Crippen LogP contribution in [0, 0.1) is 6.92 Å². The molecule has 4 rings (SSSR count). The second-order valence-electron chi connectivity index (χ2n) is 7.61. The zero-order valence-electron chi connectivity index (χ0n) is 17.3. The lowest BCUT2D eigenvalue weighted by Gasteiger charge is -2.39. The summed E-state index contributed by atoms with van der Waals surface area (Å²) in [4.78, 5) is 28.2. The molecule has 0 aromatic heterocycles. The standard InChI is InChI=1S/C24H24ClNO4/c1-14-18(25)6-4-7-19(14)26-20-8-5-9-21(27)24(20)17(13-23(26)28)16-11-10-15(29-2)12-22(16)30-3/h4,6-7,10-12,17H,5,8-9,13H2,1-3H3. The highest BCUT2D eigenvalue weighted by Crippen LogP contribution is 2.46. The molecule has 1 heterocycles. The normalized spacial score (nSPS) is 19.1. The zero-order chi connectivity index (χ0) is 21.4. The Balaban J connectivity index is 1.89. The number of amides is 1. The van der Waals surface area contributed by atoms with Gasteiger partial charge in [0.05, 0.1) is 19.9 Å². The SMILES string of the molecule is COc1ccc(C2CC(=O)N(c3cccc(Cl)c3C)C3=C2C(=O)CCC3)c(OC)c1. The van der Waals surface area contributed by atoms with Crippen molar-refractivity contribution in [2.75, 3.05) is 19.1 Å². The molecule has 0 saturated carbocycles. The maximum Gasteiger partial charge on any atom is 0.232 e. The highest BCUT2D eigenvalue weighted by Gasteiger charge is 2.41. The quantitative estimate of drug-likeness (QED) is 0.676. The molecule has 2 aliphatic rings. The average Bonchev–Trinajstić information content (AvgIpc) is 2.75. The number of halogens is 1. The fraction of sp³-hybridized carbons (Fsp3) is 0.333. The first-order valence-corrected chi connectivity index (χ1v) is 10.4. The molecule has 2 aromatic carbocycles. The molecule has 0 fully saturated rings. The lowest BCUT2D eigenvalue weighted by Crippen LogP contribution is -2.41. The van der Waals surface area contributed by atoms with E-state index in [0.29, 0.717) is 34.9 Å². The minimum Gasteiger partial charge on any atom is -0.497 e. The molecule has 30 heavy (non-hydrogen) atoms. The van der Waals surface area contributed by atoms with Gasteiger partial charge in [-0.3, -0.25) is 14.5 Å². The average molecular weight is 426 g/mol. The number of allylic oxidation sites excluding steroid dienone is 2. The third-order valence-electron chi connectivity index (χ3n) is 5.97. The van der Waals surface area contributed by atoms with Gasteiger partial charge in [0, 0.05) is 46.7 Å². The lowest BCUT2D eigenvalue weighted by atomic mass is 9.76. The second-order valence-corrected chi connectivity index (χ2v) is 8.02. The molecule has 0 saturated heterocycles. The smallest absolute Gasteiger partial charge is 0.232 e. The van der Waals surface area contributed by atoms with Crippen molar-refractivity contribution in [1.29, 1.82) is 0 Å². The predicted molar refractivity (Wildman–Crippen MR) is 116 cm³/mol. The van der Waals surface area contributed by atoms with Gasteiger partial charge in [-0.1, -0.05) is 23.7 Å². The Kier molecular flexibility index (Phi) is 5.56. The highest BCUT2D eigenvalue weighted by molar-refractivity contribution is 6.31. The molecular formula is C24H24ClNO4. The third kappa shape index (κ3) is 3.37. The van der Waals surface area contributed by atoms with Gasteiger partial charge >= 0.3 is 0 Å². The number of hydrogen-bond donors (Lipinski definition) is 0. The van der Waals surface area contributed by atoms with Crippen molar-refractivity contribution in [2.24, 2.45) is 0 Å². The van der Waals surface area contributed by atoms with E-state index in [1.165, 1.54) is 0 Å². The van der Waals surface area contributed by atoms with E-state index in [0.717, 1.165) is 28.9 Å². The van der Waals surface area contributed by atoms with Crippen LogP contribution in [0.3, 0.4) is 0 Å². The monoisotopic (exact) mass is 425 g/mol. The molecule has 0 N–H and O–H groups in total. The Morgan fingerprint density at radius 3 is 2.60 bits per heavy atom. The minimum atomic E-state index is -0.336. The summed E-state index contributed by atoms with van der Waals surface area (Å²) in [6.45, 7) is 1.90. The Morgan fingerprint density at radius 1 is 1.07 bits per heavy atom. The van der Waals surface area contributed by atoms with Crippen LogP contribution in [-0.4, -0.2) is 25.9 Å². The molecule has 2 aromatic rings. The van der Waals surface area contributed by atoms with Crippen molar-refractivity contribution < 1.29 is 19.1 Å². The molecule has 156 valence electrons. The van der Waals surface area contributed by atoms with Crippen LogP contribution >= 0.6 is 11.6 Å². The molecule has 1 unspecified atom stereocenters. The summed E-state index contributed by atoms with van der Waals surface area (Å²) in [5.74, 6) is 0.993. The first-order chi connectivity index (χ1) is 14.5. The van der Waals surface area contributed by atoms with Crippen LogP contribution in [0.5, 0.6) is 11.5 Å². The van der Waals surface area contributed by atoms with Crippen molar-refractivity contribution in [3.8, 4) is 11.5 Å². The van der Waals surface area contributed by atoms with Crippen LogP contribution in [0.4, 0.5) is 5.69 Å². The van der Waals surface area contributed by atoms with Gasteiger partial charge in [-0.15, -0.1) is 0 Å². The number of anilines is 1. The van der Waals surface area contributed by atoms with Gasteiger partial charge in [0.2, 0.25) is 5.91 Å². The van der Waals surface area contributed by atoms with Gasteiger partial charge in [0.1, 0.15) is 11.5 Å². The van der Waals surface area contributed by atoms with E-state index < -0.39 is 0 Å². The molecule has 6 heteroatoms. The van der Waals surface area contributed by atoms with Gasteiger partial charge in [0.15, 0.2) is 5.78 Å². The molecule has 0 spiro atoms. The number of Topliss-reactive ketones (excluding diaryl/α,β-unsaturated/α-hetero) is 1. The number of carbonyl (C=O) groups is 2. The largest absolute Gasteiger partial charge is 0.497 e. The summed E-state index contributed by atoms with van der Waals surface area (Å²) < 4.78 is 10.9. The maximum atomic E-state index is 13.4. The van der Waals surface area contributed by atoms with Crippen LogP contribution in [0.25, 0.3) is 0 Å². The van der Waals surface area contributed by atoms with E-state index in [1.54, 1.807) is 31.3 Å². The van der Waals surface area contributed by atoms with E-state index in [9.17, 15) is 9.59 Å². The number of benzene rings is 2. The number of hydrogen-bond acceptors (Lipinski definition) is 4. The molecule has 0 radical (unpaired) electrons. The third-order valence-corrected chi connectivity index (χ3v) is 6.38. The first-order valence-electron chi connectivity index (χ1n) is 10.0. The van der Waals surface area contributed by atoms with Crippen LogP contribution in [0.2, 0.25) is 5.02 Å². The van der Waals surface area contributed by atoms with Crippen molar-refractivity contribution in [1.82, 2.24) is 0 Å². The predicted octanol–water partition coefficient (Wildman–Crippen LogP) is 5.19. The van der Waals surface area contributed by atoms with Crippen molar-refractivity contribution in [3.63, 3.8) is 0 Å². The van der Waals surface area contributed by atoms with Crippen molar-refractivity contribution in [2.45, 2.75) is 38.5 Å². The number of methoxy groups -OCH3 is 2. The summed E-state index contributed by atoms with van der Waals surface area (Å²) in [6, 6.07) is 11.0. The Hall–Kier alpha value is -2.79. The number of rotatable bonds is 4. The number of carbonyl (C=O) groups excluding carboxylic acids is 2. The molecular weight excluding hydrogens is 402 g/mol. The molecule has 1 amide bonds. The maximum absolute atomic E-state index is 13.4. The van der Waals surface area contributed by atoms with Gasteiger partial charge in [-0.25, -0.2) is 0 Å². The lowest BCUT2D eigenvalue weighted by molar-refractivity contribution is -0.119. The summed E-state index contributed by atoms with van der Waals surface area (Å²) in [5.41, 5.74) is 3.91. The summed E-state index contributed by atoms with van der Waals surface area (Å²) in [6.07, 6.45) is 2.09. The number of ether oxygens (including phenoxy) is 2. The Morgan fingerprint density at radius 2 is 1.87 bits per heavy atom. The van der Waals surface area contributed by atoms with E-state index in [4.69, 9.17) is 21.1 Å². The van der Waals surface area contributed by atoms with Crippen LogP contribution in [0.1, 0.15) is 42.7 Å². The van der Waals surface area contributed by atoms with E-state index >= 15 is 0 Å². The summed E-state index contributed by atoms with van der Waals surface area (Å²) in [7, 11) is 3.18. The van der Waals surface area contributed by atoms with Gasteiger partial charge in [-0.2, -0.15) is 0 Å². The highest BCUT2D eigenvalue weighted by atomic mass is 35.5. The molecule has 1 atom stereocenters. The molecule has 0 bridgehead atoms.